The molecule has 0 aliphatic heterocycles. The molecule has 0 spiro atoms. The summed E-state index contributed by atoms with van der Waals surface area (Å²) in [6.45, 7) is 5.01. The minimum Gasteiger partial charge on any atom is -0.354 e. The molecule has 3 N–H and O–H groups in total. The van der Waals surface area contributed by atoms with Crippen LogP contribution in [0, 0.1) is 0 Å². The number of sulfonamides is 1. The van der Waals surface area contributed by atoms with Crippen LogP contribution in [0.3, 0.4) is 0 Å². The van der Waals surface area contributed by atoms with E-state index in [0.717, 1.165) is 6.42 Å². The van der Waals surface area contributed by atoms with Crippen LogP contribution in [0.15, 0.2) is 0 Å². The van der Waals surface area contributed by atoms with Crippen LogP contribution in [-0.2, 0) is 10.0 Å². The van der Waals surface area contributed by atoms with Crippen LogP contribution in [0.1, 0.15) is 20.3 Å². The van der Waals surface area contributed by atoms with E-state index in [0.29, 0.717) is 19.0 Å². The van der Waals surface area contributed by atoms with Gasteiger partial charge in [-0.25, -0.2) is 13.1 Å². The van der Waals surface area contributed by atoms with Gasteiger partial charge in [0, 0.05) is 19.6 Å². The zero-order chi connectivity index (χ0) is 15.0. The number of rotatable bonds is 9. The molecule has 1 rings (SSSR count). The molecule has 20 heavy (non-hydrogen) atoms. The lowest BCUT2D eigenvalue weighted by Crippen LogP contribution is -2.29. The third-order valence-electron chi connectivity index (χ3n) is 2.16. The summed E-state index contributed by atoms with van der Waals surface area (Å²) >= 11 is 5.77. The minimum absolute atomic E-state index is 0.0515. The van der Waals surface area contributed by atoms with Crippen molar-refractivity contribution in [2.24, 2.45) is 0 Å². The highest BCUT2D eigenvalue weighted by Crippen LogP contribution is 2.09. The lowest BCUT2D eigenvalue weighted by molar-refractivity contribution is 0.584. The Morgan fingerprint density at radius 2 is 1.65 bits per heavy atom. The van der Waals surface area contributed by atoms with E-state index in [2.05, 4.69) is 30.3 Å². The molecule has 0 saturated carbocycles. The van der Waals surface area contributed by atoms with Crippen LogP contribution in [-0.4, -0.2) is 48.8 Å². The van der Waals surface area contributed by atoms with Crippen LogP contribution in [0.2, 0.25) is 5.28 Å². The minimum atomic E-state index is -3.27. The van der Waals surface area contributed by atoms with Crippen molar-refractivity contribution in [3.05, 3.63) is 5.28 Å². The van der Waals surface area contributed by atoms with Gasteiger partial charge >= 0.3 is 0 Å². The van der Waals surface area contributed by atoms with Gasteiger partial charge in [0.15, 0.2) is 0 Å². The van der Waals surface area contributed by atoms with Crippen molar-refractivity contribution >= 4 is 33.5 Å². The van der Waals surface area contributed by atoms with Gasteiger partial charge in [-0.3, -0.25) is 0 Å². The number of hydrogen-bond donors (Lipinski definition) is 3. The molecular weight excluding hydrogens is 304 g/mol. The van der Waals surface area contributed by atoms with Crippen LogP contribution in [0.4, 0.5) is 11.9 Å². The van der Waals surface area contributed by atoms with Crippen molar-refractivity contribution in [2.45, 2.75) is 20.3 Å². The summed E-state index contributed by atoms with van der Waals surface area (Å²) in [5.41, 5.74) is 0. The fraction of sp³-hybridized carbons (Fsp3) is 0.700. The molecule has 0 aliphatic rings. The summed E-state index contributed by atoms with van der Waals surface area (Å²) in [5, 5.41) is 5.85. The van der Waals surface area contributed by atoms with E-state index in [1.54, 1.807) is 6.92 Å². The van der Waals surface area contributed by atoms with E-state index in [1.807, 2.05) is 6.92 Å². The first kappa shape index (κ1) is 16.9. The molecule has 0 bridgehead atoms. The second-order valence-corrected chi connectivity index (χ2v) is 6.19. The van der Waals surface area contributed by atoms with Gasteiger partial charge in [-0.05, 0) is 18.0 Å². The highest BCUT2D eigenvalue weighted by atomic mass is 35.5. The zero-order valence-corrected chi connectivity index (χ0v) is 13.1. The van der Waals surface area contributed by atoms with Crippen molar-refractivity contribution in [2.75, 3.05) is 36.0 Å². The zero-order valence-electron chi connectivity index (χ0n) is 11.5. The quantitative estimate of drug-likeness (QED) is 0.614. The summed E-state index contributed by atoms with van der Waals surface area (Å²) in [6, 6.07) is 0. The van der Waals surface area contributed by atoms with Gasteiger partial charge in [-0.15, -0.1) is 0 Å². The van der Waals surface area contributed by atoms with Gasteiger partial charge in [-0.1, -0.05) is 13.8 Å². The molecule has 1 aromatic heterocycles. The summed E-state index contributed by atoms with van der Waals surface area (Å²) in [7, 11) is -3.27. The molecule has 1 heterocycles. The van der Waals surface area contributed by atoms with Crippen LogP contribution >= 0.6 is 11.6 Å². The summed E-state index contributed by atoms with van der Waals surface area (Å²) in [4.78, 5) is 11.9. The fourth-order valence-corrected chi connectivity index (χ4v) is 2.45. The van der Waals surface area contributed by atoms with Crippen molar-refractivity contribution in [1.82, 2.24) is 19.7 Å². The van der Waals surface area contributed by atoms with Crippen LogP contribution in [0.5, 0.6) is 0 Å². The molecule has 10 heteroatoms. The van der Waals surface area contributed by atoms with Gasteiger partial charge < -0.3 is 10.6 Å². The van der Waals surface area contributed by atoms with E-state index in [1.165, 1.54) is 0 Å². The molecule has 0 amide bonds. The first-order chi connectivity index (χ1) is 9.46. The number of hydrogen-bond acceptors (Lipinski definition) is 7. The Hall–Kier alpha value is -1.19. The first-order valence-electron chi connectivity index (χ1n) is 6.33. The maximum Gasteiger partial charge on any atom is 0.228 e. The molecule has 8 nitrogen and oxygen atoms in total. The van der Waals surface area contributed by atoms with Gasteiger partial charge in [0.2, 0.25) is 27.2 Å². The molecular formula is C10H19ClN6O2S. The fourth-order valence-electron chi connectivity index (χ4n) is 1.33. The van der Waals surface area contributed by atoms with Gasteiger partial charge in [0.1, 0.15) is 0 Å². The Morgan fingerprint density at radius 3 is 2.20 bits per heavy atom. The topological polar surface area (TPSA) is 109 Å². The molecule has 0 aliphatic carbocycles. The largest absolute Gasteiger partial charge is 0.354 e. The predicted molar refractivity (Wildman–Crippen MR) is 79.6 cm³/mol. The number of halogens is 1. The lowest BCUT2D eigenvalue weighted by atomic mass is 10.5. The average molecular weight is 323 g/mol. The maximum absolute atomic E-state index is 11.5. The summed E-state index contributed by atoms with van der Waals surface area (Å²) in [5.74, 6) is 0.543. The van der Waals surface area contributed by atoms with E-state index < -0.39 is 10.0 Å². The number of anilines is 2. The van der Waals surface area contributed by atoms with Gasteiger partial charge in [0.25, 0.3) is 0 Å². The second kappa shape index (κ2) is 8.18. The number of nitrogens with one attached hydrogen (secondary N) is 3. The van der Waals surface area contributed by atoms with E-state index in [-0.39, 0.29) is 23.5 Å². The third-order valence-corrected chi connectivity index (χ3v) is 3.80. The average Bonchev–Trinajstić information content (AvgIpc) is 2.35. The Labute approximate surface area is 123 Å². The van der Waals surface area contributed by atoms with E-state index in [9.17, 15) is 8.42 Å². The Balaban J connectivity index is 2.57. The first-order valence-corrected chi connectivity index (χ1v) is 8.36. The molecule has 0 aromatic carbocycles. The molecule has 114 valence electrons. The normalized spacial score (nSPS) is 11.3. The highest BCUT2D eigenvalue weighted by Gasteiger charge is 2.09. The number of nitrogens with zero attached hydrogens (tertiary/aromatic N) is 3. The Bertz CT molecular complexity index is 524. The SMILES string of the molecule is CCCNc1nc(Cl)nc(NCCS(=O)(=O)NCC)n1. The standard InChI is InChI=1S/C10H19ClN6O2S/c1-3-5-12-9-15-8(11)16-10(17-9)13-6-7-20(18,19)14-4-2/h14H,3-7H2,1-2H3,(H2,12,13,15,16,17). The van der Waals surface area contributed by atoms with Crippen molar-refractivity contribution in [3.8, 4) is 0 Å². The van der Waals surface area contributed by atoms with Crippen LogP contribution < -0.4 is 15.4 Å². The maximum atomic E-state index is 11.5. The highest BCUT2D eigenvalue weighted by molar-refractivity contribution is 7.89. The van der Waals surface area contributed by atoms with Crippen molar-refractivity contribution in [3.63, 3.8) is 0 Å². The Morgan fingerprint density at radius 1 is 1.05 bits per heavy atom. The molecule has 0 atom stereocenters. The second-order valence-electron chi connectivity index (χ2n) is 3.92. The Kier molecular flexibility index (Phi) is 6.89. The van der Waals surface area contributed by atoms with Gasteiger partial charge in [-0.2, -0.15) is 15.0 Å². The molecule has 0 saturated heterocycles. The lowest BCUT2D eigenvalue weighted by Gasteiger charge is -2.08. The smallest absolute Gasteiger partial charge is 0.228 e. The van der Waals surface area contributed by atoms with Crippen molar-refractivity contribution < 1.29 is 8.42 Å². The third kappa shape index (κ3) is 6.31. The number of aromatic nitrogens is 3. The van der Waals surface area contributed by atoms with Gasteiger partial charge in [0.05, 0.1) is 5.75 Å². The summed E-state index contributed by atoms with van der Waals surface area (Å²) in [6.07, 6.45) is 0.924. The summed E-state index contributed by atoms with van der Waals surface area (Å²) < 4.78 is 25.3. The molecule has 0 unspecified atom stereocenters. The van der Waals surface area contributed by atoms with E-state index >= 15 is 0 Å². The molecule has 0 radical (unpaired) electrons. The monoisotopic (exact) mass is 322 g/mol. The molecule has 0 fully saturated rings. The predicted octanol–water partition coefficient (Wildman–Crippen LogP) is 0.698. The van der Waals surface area contributed by atoms with Crippen LogP contribution in [0.25, 0.3) is 0 Å². The van der Waals surface area contributed by atoms with Crippen molar-refractivity contribution in [1.29, 1.82) is 0 Å². The molecule has 1 aromatic rings. The van der Waals surface area contributed by atoms with E-state index in [4.69, 9.17) is 11.6 Å².